The maximum absolute atomic E-state index is 11.9. The minimum absolute atomic E-state index is 0.0221. The monoisotopic (exact) mass is 330 g/mol. The molecule has 0 aliphatic heterocycles. The molecule has 2 N–H and O–H groups in total. The molecule has 0 aromatic heterocycles. The van der Waals surface area contributed by atoms with Crippen molar-refractivity contribution in [2.24, 2.45) is 0 Å². The van der Waals surface area contributed by atoms with E-state index in [1.54, 1.807) is 24.3 Å². The minimum atomic E-state index is -0.0221. The van der Waals surface area contributed by atoms with Gasteiger partial charge in [0.25, 0.3) is 0 Å². The van der Waals surface area contributed by atoms with Crippen molar-refractivity contribution < 1.29 is 4.79 Å². The number of rotatable bonds is 5. The van der Waals surface area contributed by atoms with E-state index in [2.05, 4.69) is 55.7 Å². The lowest BCUT2D eigenvalue weighted by molar-refractivity contribution is -0.115. The zero-order valence-electron chi connectivity index (χ0n) is 13.8. The number of amides is 1. The van der Waals surface area contributed by atoms with E-state index >= 15 is 0 Å². The van der Waals surface area contributed by atoms with Gasteiger partial charge in [0, 0.05) is 29.4 Å². The van der Waals surface area contributed by atoms with Crippen molar-refractivity contribution in [1.29, 1.82) is 0 Å². The van der Waals surface area contributed by atoms with Gasteiger partial charge in [-0.15, -0.1) is 0 Å². The number of nitrogens with one attached hydrogen (secondary N) is 2. The molecule has 0 unspecified atom stereocenters. The molecule has 4 heteroatoms. The topological polar surface area (TPSA) is 41.1 Å². The van der Waals surface area contributed by atoms with Crippen molar-refractivity contribution in [3.8, 4) is 0 Å². The Bertz CT molecular complexity index is 643. The summed E-state index contributed by atoms with van der Waals surface area (Å²) in [4.78, 5) is 11.9. The molecule has 0 aliphatic rings. The molecule has 3 nitrogen and oxygen atoms in total. The van der Waals surface area contributed by atoms with Crippen molar-refractivity contribution in [2.45, 2.75) is 32.6 Å². The van der Waals surface area contributed by atoms with Crippen LogP contribution in [-0.4, -0.2) is 12.5 Å². The fraction of sp³-hybridized carbons (Fsp3) is 0.316. The van der Waals surface area contributed by atoms with Gasteiger partial charge in [-0.25, -0.2) is 0 Å². The molecule has 0 radical (unpaired) electrons. The lowest BCUT2D eigenvalue weighted by Crippen LogP contribution is -2.16. The van der Waals surface area contributed by atoms with Gasteiger partial charge in [0.05, 0.1) is 0 Å². The van der Waals surface area contributed by atoms with E-state index in [0.717, 1.165) is 11.4 Å². The normalized spacial score (nSPS) is 11.1. The number of carbonyl (C=O) groups is 1. The SMILES string of the molecule is CC(C)(C)c1ccc(NCCC(=O)Nc2ccc(Cl)cc2)cc1. The smallest absolute Gasteiger partial charge is 0.226 e. The van der Waals surface area contributed by atoms with Gasteiger partial charge in [-0.3, -0.25) is 4.79 Å². The summed E-state index contributed by atoms with van der Waals surface area (Å²) in [6.07, 6.45) is 0.406. The Kier molecular flexibility index (Phi) is 5.67. The molecule has 0 bridgehead atoms. The molecule has 1 amide bonds. The second kappa shape index (κ2) is 7.51. The van der Waals surface area contributed by atoms with Gasteiger partial charge in [0.2, 0.25) is 5.91 Å². The third kappa shape index (κ3) is 5.61. The van der Waals surface area contributed by atoms with Gasteiger partial charge >= 0.3 is 0 Å². The summed E-state index contributed by atoms with van der Waals surface area (Å²) in [7, 11) is 0. The summed E-state index contributed by atoms with van der Waals surface area (Å²) in [6, 6.07) is 15.4. The van der Waals surface area contributed by atoms with Gasteiger partial charge in [0.1, 0.15) is 0 Å². The van der Waals surface area contributed by atoms with Crippen LogP contribution in [0.3, 0.4) is 0 Å². The summed E-state index contributed by atoms with van der Waals surface area (Å²) in [5.74, 6) is -0.0221. The molecule has 0 saturated heterocycles. The molecule has 0 aliphatic carbocycles. The Balaban J connectivity index is 1.78. The molecular weight excluding hydrogens is 308 g/mol. The number of anilines is 2. The first-order valence-electron chi connectivity index (χ1n) is 7.74. The van der Waals surface area contributed by atoms with Crippen LogP contribution in [0.2, 0.25) is 5.02 Å². The van der Waals surface area contributed by atoms with Crippen LogP contribution in [-0.2, 0) is 10.2 Å². The van der Waals surface area contributed by atoms with Crippen LogP contribution in [0.25, 0.3) is 0 Å². The minimum Gasteiger partial charge on any atom is -0.385 e. The molecule has 2 aromatic carbocycles. The van der Waals surface area contributed by atoms with Crippen LogP contribution < -0.4 is 10.6 Å². The van der Waals surface area contributed by atoms with E-state index in [0.29, 0.717) is 18.0 Å². The summed E-state index contributed by atoms with van der Waals surface area (Å²) in [6.45, 7) is 7.16. The largest absolute Gasteiger partial charge is 0.385 e. The van der Waals surface area contributed by atoms with Crippen LogP contribution in [0.15, 0.2) is 48.5 Å². The highest BCUT2D eigenvalue weighted by Gasteiger charge is 2.12. The molecule has 0 saturated carbocycles. The highest BCUT2D eigenvalue weighted by molar-refractivity contribution is 6.30. The Labute approximate surface area is 143 Å². The number of hydrogen-bond acceptors (Lipinski definition) is 2. The Morgan fingerprint density at radius 1 is 0.957 bits per heavy atom. The molecule has 23 heavy (non-hydrogen) atoms. The summed E-state index contributed by atoms with van der Waals surface area (Å²) >= 11 is 5.82. The number of carbonyl (C=O) groups excluding carboxylic acids is 1. The van der Waals surface area contributed by atoms with Crippen molar-refractivity contribution in [2.75, 3.05) is 17.2 Å². The van der Waals surface area contributed by atoms with E-state index < -0.39 is 0 Å². The lowest BCUT2D eigenvalue weighted by atomic mass is 9.87. The Morgan fingerprint density at radius 2 is 1.52 bits per heavy atom. The first kappa shape index (κ1) is 17.4. The third-order valence-electron chi connectivity index (χ3n) is 3.56. The van der Waals surface area contributed by atoms with Crippen LogP contribution in [0, 0.1) is 0 Å². The fourth-order valence-corrected chi connectivity index (χ4v) is 2.29. The van der Waals surface area contributed by atoms with Crippen molar-refractivity contribution in [1.82, 2.24) is 0 Å². The Morgan fingerprint density at radius 3 is 2.09 bits per heavy atom. The predicted octanol–water partition coefficient (Wildman–Crippen LogP) is 5.08. The molecule has 2 rings (SSSR count). The zero-order valence-corrected chi connectivity index (χ0v) is 14.6. The number of hydrogen-bond donors (Lipinski definition) is 2. The maximum Gasteiger partial charge on any atom is 0.226 e. The van der Waals surface area contributed by atoms with Crippen LogP contribution in [0.4, 0.5) is 11.4 Å². The molecule has 0 heterocycles. The highest BCUT2D eigenvalue weighted by Crippen LogP contribution is 2.23. The van der Waals surface area contributed by atoms with E-state index in [1.165, 1.54) is 5.56 Å². The van der Waals surface area contributed by atoms with E-state index in [9.17, 15) is 4.79 Å². The fourth-order valence-electron chi connectivity index (χ4n) is 2.17. The van der Waals surface area contributed by atoms with Gasteiger partial charge in [-0.1, -0.05) is 44.5 Å². The molecule has 0 atom stereocenters. The average molecular weight is 331 g/mol. The van der Waals surface area contributed by atoms with E-state index in [-0.39, 0.29) is 11.3 Å². The second-order valence-corrected chi connectivity index (χ2v) is 7.00. The van der Waals surface area contributed by atoms with Crippen LogP contribution >= 0.6 is 11.6 Å². The maximum atomic E-state index is 11.9. The highest BCUT2D eigenvalue weighted by atomic mass is 35.5. The van der Waals surface area contributed by atoms with Crippen molar-refractivity contribution in [3.63, 3.8) is 0 Å². The number of benzene rings is 2. The van der Waals surface area contributed by atoms with Crippen LogP contribution in [0.1, 0.15) is 32.8 Å². The van der Waals surface area contributed by atoms with Gasteiger partial charge < -0.3 is 10.6 Å². The predicted molar refractivity (Wildman–Crippen MR) is 98.3 cm³/mol. The average Bonchev–Trinajstić information content (AvgIpc) is 2.49. The summed E-state index contributed by atoms with van der Waals surface area (Å²) < 4.78 is 0. The first-order valence-corrected chi connectivity index (χ1v) is 8.12. The van der Waals surface area contributed by atoms with E-state index in [4.69, 9.17) is 11.6 Å². The van der Waals surface area contributed by atoms with Gasteiger partial charge in [-0.2, -0.15) is 0 Å². The van der Waals surface area contributed by atoms with E-state index in [1.807, 2.05) is 0 Å². The lowest BCUT2D eigenvalue weighted by Gasteiger charge is -2.19. The molecule has 0 spiro atoms. The zero-order chi connectivity index (χ0) is 16.9. The quantitative estimate of drug-likeness (QED) is 0.802. The van der Waals surface area contributed by atoms with Gasteiger partial charge in [0.15, 0.2) is 0 Å². The number of halogens is 1. The molecule has 122 valence electrons. The van der Waals surface area contributed by atoms with Crippen molar-refractivity contribution >= 4 is 28.9 Å². The first-order chi connectivity index (χ1) is 10.8. The molecule has 0 fully saturated rings. The standard InChI is InChI=1S/C19H23ClN2O/c1-19(2,3)14-4-8-16(9-5-14)21-13-12-18(23)22-17-10-6-15(20)7-11-17/h4-11,21H,12-13H2,1-3H3,(H,22,23). The summed E-state index contributed by atoms with van der Waals surface area (Å²) in [5, 5.41) is 6.77. The Hall–Kier alpha value is -2.00. The van der Waals surface area contributed by atoms with Crippen molar-refractivity contribution in [3.05, 3.63) is 59.1 Å². The molecular formula is C19H23ClN2O. The third-order valence-corrected chi connectivity index (χ3v) is 3.81. The molecule has 2 aromatic rings. The second-order valence-electron chi connectivity index (χ2n) is 6.56. The summed E-state index contributed by atoms with van der Waals surface area (Å²) in [5.41, 5.74) is 3.23. The van der Waals surface area contributed by atoms with Gasteiger partial charge in [-0.05, 0) is 47.4 Å². The van der Waals surface area contributed by atoms with Crippen LogP contribution in [0.5, 0.6) is 0 Å².